The first-order valence-corrected chi connectivity index (χ1v) is 6.15. The molecule has 2 radical (unpaired) electrons. The lowest BCUT2D eigenvalue weighted by Crippen LogP contribution is -1.98. The highest BCUT2D eigenvalue weighted by molar-refractivity contribution is 7.18. The topological polar surface area (TPSA) is 30.7 Å². The fourth-order valence-corrected chi connectivity index (χ4v) is 2.78. The van der Waals surface area contributed by atoms with Crippen molar-refractivity contribution in [2.45, 2.75) is 6.42 Å². The first kappa shape index (κ1) is 10.5. The molecule has 3 nitrogen and oxygen atoms in total. The van der Waals surface area contributed by atoms with Gasteiger partial charge in [-0.2, -0.15) is 0 Å². The van der Waals surface area contributed by atoms with Crippen LogP contribution in [0.4, 0.5) is 0 Å². The Bertz CT molecular complexity index is 671. The molecule has 0 aliphatic rings. The van der Waals surface area contributed by atoms with Gasteiger partial charge in [0.15, 0.2) is 0 Å². The van der Waals surface area contributed by atoms with Gasteiger partial charge in [-0.3, -0.25) is 0 Å². The van der Waals surface area contributed by atoms with Crippen LogP contribution in [-0.4, -0.2) is 22.4 Å². The SMILES string of the molecule is [B]c1ccc2nc(Cc3nccn3C)sc2c1. The first-order chi connectivity index (χ1) is 8.22. The van der Waals surface area contributed by atoms with E-state index in [-0.39, 0.29) is 0 Å². The van der Waals surface area contributed by atoms with Crippen molar-refractivity contribution in [1.82, 2.24) is 14.5 Å². The van der Waals surface area contributed by atoms with Crippen LogP contribution in [-0.2, 0) is 13.5 Å². The maximum Gasteiger partial charge on any atom is 0.115 e. The van der Waals surface area contributed by atoms with Gasteiger partial charge in [-0.1, -0.05) is 11.5 Å². The zero-order valence-corrected chi connectivity index (χ0v) is 10.2. The molecule has 82 valence electrons. The zero-order chi connectivity index (χ0) is 11.8. The average molecular weight is 239 g/mol. The number of hydrogen-bond acceptors (Lipinski definition) is 3. The lowest BCUT2D eigenvalue weighted by Gasteiger charge is -1.97. The van der Waals surface area contributed by atoms with Crippen LogP contribution in [0.25, 0.3) is 10.2 Å². The van der Waals surface area contributed by atoms with Crippen molar-refractivity contribution in [2.24, 2.45) is 7.05 Å². The molecule has 0 amide bonds. The highest BCUT2D eigenvalue weighted by Gasteiger charge is 2.07. The number of hydrogen-bond donors (Lipinski definition) is 0. The third-order valence-electron chi connectivity index (χ3n) is 2.69. The number of imidazole rings is 1. The van der Waals surface area contributed by atoms with Crippen LogP contribution in [0.1, 0.15) is 10.8 Å². The van der Waals surface area contributed by atoms with Crippen molar-refractivity contribution in [2.75, 3.05) is 0 Å². The van der Waals surface area contributed by atoms with Crippen LogP contribution in [0.2, 0.25) is 0 Å². The first-order valence-electron chi connectivity index (χ1n) is 5.33. The van der Waals surface area contributed by atoms with Gasteiger partial charge in [0.1, 0.15) is 18.7 Å². The summed E-state index contributed by atoms with van der Waals surface area (Å²) in [4.78, 5) is 8.88. The predicted molar refractivity (Wildman–Crippen MR) is 71.0 cm³/mol. The molecule has 0 aliphatic heterocycles. The lowest BCUT2D eigenvalue weighted by atomic mass is 9.97. The largest absolute Gasteiger partial charge is 0.338 e. The second-order valence-corrected chi connectivity index (χ2v) is 5.08. The Morgan fingerprint density at radius 1 is 1.41 bits per heavy atom. The molecule has 0 atom stereocenters. The molecule has 0 aliphatic carbocycles. The van der Waals surface area contributed by atoms with Crippen molar-refractivity contribution in [1.29, 1.82) is 0 Å². The molecule has 17 heavy (non-hydrogen) atoms. The number of rotatable bonds is 2. The molecule has 3 aromatic rings. The molecule has 1 aromatic carbocycles. The Morgan fingerprint density at radius 3 is 3.06 bits per heavy atom. The van der Waals surface area contributed by atoms with E-state index in [0.717, 1.165) is 32.9 Å². The average Bonchev–Trinajstić information content (AvgIpc) is 2.85. The van der Waals surface area contributed by atoms with Crippen molar-refractivity contribution < 1.29 is 0 Å². The van der Waals surface area contributed by atoms with Gasteiger partial charge in [0, 0.05) is 19.4 Å². The molecule has 2 aromatic heterocycles. The minimum atomic E-state index is 0.767. The summed E-state index contributed by atoms with van der Waals surface area (Å²) in [5.74, 6) is 1.03. The quantitative estimate of drug-likeness (QED) is 0.633. The van der Waals surface area contributed by atoms with E-state index in [2.05, 4.69) is 9.97 Å². The number of fused-ring (bicyclic) bond motifs is 1. The summed E-state index contributed by atoms with van der Waals surface area (Å²) in [6.07, 6.45) is 4.52. The van der Waals surface area contributed by atoms with Crippen molar-refractivity contribution in [3.05, 3.63) is 41.4 Å². The van der Waals surface area contributed by atoms with E-state index in [1.54, 1.807) is 17.5 Å². The molecule has 2 heterocycles. The van der Waals surface area contributed by atoms with E-state index in [1.807, 2.05) is 36.0 Å². The van der Waals surface area contributed by atoms with Gasteiger partial charge >= 0.3 is 0 Å². The van der Waals surface area contributed by atoms with Crippen LogP contribution in [0, 0.1) is 0 Å². The fraction of sp³-hybridized carbons (Fsp3) is 0.167. The highest BCUT2D eigenvalue weighted by Crippen LogP contribution is 2.22. The Kier molecular flexibility index (Phi) is 2.48. The molecule has 3 rings (SSSR count). The van der Waals surface area contributed by atoms with E-state index in [4.69, 9.17) is 7.85 Å². The van der Waals surface area contributed by atoms with Gasteiger partial charge in [0.25, 0.3) is 0 Å². The van der Waals surface area contributed by atoms with Crippen LogP contribution in [0.15, 0.2) is 30.6 Å². The molecule has 0 N–H and O–H groups in total. The van der Waals surface area contributed by atoms with E-state index >= 15 is 0 Å². The van der Waals surface area contributed by atoms with Gasteiger partial charge in [0.05, 0.1) is 16.6 Å². The summed E-state index contributed by atoms with van der Waals surface area (Å²) in [5, 5.41) is 1.07. The number of aryl methyl sites for hydroxylation is 1. The number of benzene rings is 1. The van der Waals surface area contributed by atoms with E-state index in [1.165, 1.54) is 0 Å². The molecule has 5 heteroatoms. The summed E-state index contributed by atoms with van der Waals surface area (Å²) in [5.41, 5.74) is 1.79. The minimum Gasteiger partial charge on any atom is -0.338 e. The van der Waals surface area contributed by atoms with Crippen LogP contribution < -0.4 is 5.46 Å². The maximum absolute atomic E-state index is 5.76. The van der Waals surface area contributed by atoms with Gasteiger partial charge in [-0.25, -0.2) is 9.97 Å². The Balaban J connectivity index is 1.99. The standard InChI is InChI=1S/C12H10BN3S/c1-16-5-4-14-11(16)7-12-15-9-3-2-8(13)6-10(9)17-12/h2-6H,7H2,1H3. The molecule has 0 spiro atoms. The Hall–Kier alpha value is -1.62. The number of nitrogens with zero attached hydrogens (tertiary/aromatic N) is 3. The van der Waals surface area contributed by atoms with Crippen LogP contribution >= 0.6 is 11.3 Å². The molecular weight excluding hydrogens is 229 g/mol. The Labute approximate surface area is 105 Å². The van der Waals surface area contributed by atoms with Gasteiger partial charge < -0.3 is 4.57 Å². The summed E-state index contributed by atoms with van der Waals surface area (Å²) >= 11 is 1.67. The molecule has 0 unspecified atom stereocenters. The van der Waals surface area contributed by atoms with Crippen molar-refractivity contribution in [3.63, 3.8) is 0 Å². The summed E-state index contributed by atoms with van der Waals surface area (Å²) in [6.45, 7) is 0. The fourth-order valence-electron chi connectivity index (χ4n) is 1.77. The van der Waals surface area contributed by atoms with Gasteiger partial charge in [-0.05, 0) is 12.1 Å². The second-order valence-electron chi connectivity index (χ2n) is 3.97. The van der Waals surface area contributed by atoms with Crippen molar-refractivity contribution in [3.8, 4) is 0 Å². The minimum absolute atomic E-state index is 0.767. The monoisotopic (exact) mass is 239 g/mol. The van der Waals surface area contributed by atoms with E-state index in [9.17, 15) is 0 Å². The molecule has 0 fully saturated rings. The molecule has 0 saturated carbocycles. The van der Waals surface area contributed by atoms with E-state index < -0.39 is 0 Å². The van der Waals surface area contributed by atoms with Gasteiger partial charge in [-0.15, -0.1) is 11.3 Å². The number of thiazole rings is 1. The van der Waals surface area contributed by atoms with Crippen LogP contribution in [0.5, 0.6) is 0 Å². The zero-order valence-electron chi connectivity index (χ0n) is 9.42. The third-order valence-corrected chi connectivity index (χ3v) is 3.71. The predicted octanol–water partition coefficient (Wildman–Crippen LogP) is 1.41. The lowest BCUT2D eigenvalue weighted by molar-refractivity contribution is 0.820. The second kappa shape index (κ2) is 4.00. The smallest absolute Gasteiger partial charge is 0.115 e. The third kappa shape index (κ3) is 1.98. The highest BCUT2D eigenvalue weighted by atomic mass is 32.1. The summed E-state index contributed by atoms with van der Waals surface area (Å²) in [7, 11) is 7.75. The molecule has 0 saturated heterocycles. The molecular formula is C12H10BN3S. The summed E-state index contributed by atoms with van der Waals surface area (Å²) in [6, 6.07) is 5.81. The van der Waals surface area contributed by atoms with E-state index in [0.29, 0.717) is 0 Å². The summed E-state index contributed by atoms with van der Waals surface area (Å²) < 4.78 is 3.15. The van der Waals surface area contributed by atoms with Crippen molar-refractivity contribution >= 4 is 34.9 Å². The van der Waals surface area contributed by atoms with Crippen LogP contribution in [0.3, 0.4) is 0 Å². The Morgan fingerprint density at radius 2 is 2.29 bits per heavy atom. The maximum atomic E-state index is 5.76. The van der Waals surface area contributed by atoms with Gasteiger partial charge in [0.2, 0.25) is 0 Å². The molecule has 0 bridgehead atoms. The number of aromatic nitrogens is 3. The normalized spacial score (nSPS) is 11.1.